The standard InChI is InChI=1S/C10H11N3O7/c1-20-6(14)2-5(9(17)18)12-7(15)4-3-11-10(19)13-8(4)16/h3,5H,2H2,1H3,(H,12,15)(H,17,18)(H2,11,13,16,19)/t5-/m0/s1. The summed E-state index contributed by atoms with van der Waals surface area (Å²) < 4.78 is 4.29. The fourth-order valence-electron chi connectivity index (χ4n) is 1.26. The largest absolute Gasteiger partial charge is 0.480 e. The van der Waals surface area contributed by atoms with Gasteiger partial charge in [0.1, 0.15) is 11.6 Å². The zero-order valence-corrected chi connectivity index (χ0v) is 10.3. The molecule has 1 atom stereocenters. The number of amides is 1. The van der Waals surface area contributed by atoms with Crippen LogP contribution in [0.4, 0.5) is 0 Å². The second-order valence-electron chi connectivity index (χ2n) is 3.63. The van der Waals surface area contributed by atoms with Crippen molar-refractivity contribution in [3.8, 4) is 0 Å². The summed E-state index contributed by atoms with van der Waals surface area (Å²) in [6.07, 6.45) is 0.242. The highest BCUT2D eigenvalue weighted by Crippen LogP contribution is 1.97. The highest BCUT2D eigenvalue weighted by molar-refractivity contribution is 5.96. The maximum Gasteiger partial charge on any atom is 0.326 e. The Bertz CT molecular complexity index is 645. The molecule has 0 aliphatic heterocycles. The van der Waals surface area contributed by atoms with Crippen LogP contribution in [0.15, 0.2) is 15.8 Å². The number of ether oxygens (including phenoxy) is 1. The Morgan fingerprint density at radius 3 is 2.55 bits per heavy atom. The maximum atomic E-state index is 11.7. The quantitative estimate of drug-likeness (QED) is 0.447. The molecular formula is C10H11N3O7. The molecule has 1 aromatic rings. The fourth-order valence-corrected chi connectivity index (χ4v) is 1.26. The summed E-state index contributed by atoms with van der Waals surface area (Å²) in [6.45, 7) is 0. The molecule has 1 rings (SSSR count). The van der Waals surface area contributed by atoms with E-state index in [9.17, 15) is 24.0 Å². The molecule has 4 N–H and O–H groups in total. The number of aliphatic carboxylic acids is 1. The molecule has 0 aliphatic rings. The summed E-state index contributed by atoms with van der Waals surface area (Å²) in [7, 11) is 1.07. The van der Waals surface area contributed by atoms with E-state index >= 15 is 0 Å². The Morgan fingerprint density at radius 2 is 2.05 bits per heavy atom. The number of carboxylic acid groups (broad SMARTS) is 1. The summed E-state index contributed by atoms with van der Waals surface area (Å²) in [4.78, 5) is 59.6. The Balaban J connectivity index is 2.91. The van der Waals surface area contributed by atoms with Crippen molar-refractivity contribution in [1.29, 1.82) is 0 Å². The van der Waals surface area contributed by atoms with Crippen molar-refractivity contribution in [3.63, 3.8) is 0 Å². The molecular weight excluding hydrogens is 274 g/mol. The molecule has 10 nitrogen and oxygen atoms in total. The number of nitrogens with one attached hydrogen (secondary N) is 3. The molecule has 1 aromatic heterocycles. The summed E-state index contributed by atoms with van der Waals surface area (Å²) in [6, 6.07) is -1.55. The first-order chi connectivity index (χ1) is 9.35. The van der Waals surface area contributed by atoms with Crippen LogP contribution in [-0.4, -0.2) is 46.1 Å². The molecule has 108 valence electrons. The number of hydrogen-bond acceptors (Lipinski definition) is 6. The van der Waals surface area contributed by atoms with Crippen molar-refractivity contribution in [2.24, 2.45) is 0 Å². The van der Waals surface area contributed by atoms with E-state index in [-0.39, 0.29) is 0 Å². The van der Waals surface area contributed by atoms with E-state index in [2.05, 4.69) is 9.72 Å². The molecule has 20 heavy (non-hydrogen) atoms. The molecule has 0 aliphatic carbocycles. The van der Waals surface area contributed by atoms with Crippen molar-refractivity contribution in [1.82, 2.24) is 15.3 Å². The lowest BCUT2D eigenvalue weighted by atomic mass is 10.2. The van der Waals surface area contributed by atoms with E-state index in [4.69, 9.17) is 5.11 Å². The first-order valence-corrected chi connectivity index (χ1v) is 5.27. The number of rotatable bonds is 5. The van der Waals surface area contributed by atoms with Gasteiger partial charge >= 0.3 is 17.6 Å². The van der Waals surface area contributed by atoms with Gasteiger partial charge in [-0.2, -0.15) is 0 Å². The van der Waals surface area contributed by atoms with Crippen molar-refractivity contribution < 1.29 is 24.2 Å². The number of carbonyl (C=O) groups is 3. The van der Waals surface area contributed by atoms with Gasteiger partial charge in [-0.3, -0.25) is 19.4 Å². The third-order valence-corrected chi connectivity index (χ3v) is 2.27. The van der Waals surface area contributed by atoms with Gasteiger partial charge in [0.2, 0.25) is 0 Å². The molecule has 0 bridgehead atoms. The second kappa shape index (κ2) is 6.31. The molecule has 0 radical (unpaired) electrons. The van der Waals surface area contributed by atoms with Crippen LogP contribution in [0.1, 0.15) is 16.8 Å². The van der Waals surface area contributed by atoms with Gasteiger partial charge in [-0.25, -0.2) is 9.59 Å². The van der Waals surface area contributed by atoms with Gasteiger partial charge in [-0.1, -0.05) is 0 Å². The SMILES string of the molecule is COC(=O)C[C@H](NC(=O)c1c[nH]c(=O)[nH]c1=O)C(=O)O. The van der Waals surface area contributed by atoms with E-state index in [1.807, 2.05) is 10.3 Å². The molecule has 1 heterocycles. The summed E-state index contributed by atoms with van der Waals surface area (Å²) >= 11 is 0. The average molecular weight is 285 g/mol. The van der Waals surface area contributed by atoms with E-state index in [0.717, 1.165) is 13.3 Å². The normalized spacial score (nSPS) is 11.4. The zero-order valence-electron chi connectivity index (χ0n) is 10.3. The van der Waals surface area contributed by atoms with Crippen LogP contribution in [0, 0.1) is 0 Å². The van der Waals surface area contributed by atoms with Gasteiger partial charge in [0.25, 0.3) is 11.5 Å². The molecule has 0 saturated carbocycles. The van der Waals surface area contributed by atoms with E-state index in [0.29, 0.717) is 0 Å². The van der Waals surface area contributed by atoms with Crippen LogP contribution >= 0.6 is 0 Å². The number of esters is 1. The Morgan fingerprint density at radius 1 is 1.40 bits per heavy atom. The van der Waals surface area contributed by atoms with Crippen molar-refractivity contribution in [2.75, 3.05) is 7.11 Å². The van der Waals surface area contributed by atoms with Crippen molar-refractivity contribution in [3.05, 3.63) is 32.6 Å². The third-order valence-electron chi connectivity index (χ3n) is 2.27. The van der Waals surface area contributed by atoms with Crippen LogP contribution in [-0.2, 0) is 14.3 Å². The summed E-state index contributed by atoms with van der Waals surface area (Å²) in [5, 5.41) is 10.8. The van der Waals surface area contributed by atoms with Gasteiger partial charge in [-0.15, -0.1) is 0 Å². The lowest BCUT2D eigenvalue weighted by molar-refractivity contribution is -0.147. The Kier molecular flexibility index (Phi) is 4.78. The number of carboxylic acids is 1. The van der Waals surface area contributed by atoms with Crippen LogP contribution in [0.5, 0.6) is 0 Å². The number of hydrogen-bond donors (Lipinski definition) is 4. The molecule has 0 saturated heterocycles. The van der Waals surface area contributed by atoms with Crippen LogP contribution in [0.2, 0.25) is 0 Å². The number of methoxy groups -OCH3 is 1. The van der Waals surface area contributed by atoms with Gasteiger partial charge in [0.15, 0.2) is 0 Å². The monoisotopic (exact) mass is 285 g/mol. The van der Waals surface area contributed by atoms with Crippen molar-refractivity contribution in [2.45, 2.75) is 12.5 Å². The summed E-state index contributed by atoms with van der Waals surface area (Å²) in [5.74, 6) is -3.35. The minimum atomic E-state index is -1.55. The van der Waals surface area contributed by atoms with Crippen LogP contribution in [0.3, 0.4) is 0 Å². The molecule has 0 unspecified atom stereocenters. The average Bonchev–Trinajstić information content (AvgIpc) is 2.37. The Hall–Kier alpha value is -2.91. The predicted molar refractivity (Wildman–Crippen MR) is 63.2 cm³/mol. The number of carbonyl (C=O) groups excluding carboxylic acids is 2. The molecule has 0 fully saturated rings. The van der Waals surface area contributed by atoms with E-state index in [1.165, 1.54) is 0 Å². The van der Waals surface area contributed by atoms with Crippen LogP contribution in [0.25, 0.3) is 0 Å². The highest BCUT2D eigenvalue weighted by atomic mass is 16.5. The lowest BCUT2D eigenvalue weighted by Crippen LogP contribution is -2.44. The van der Waals surface area contributed by atoms with Gasteiger partial charge in [0, 0.05) is 6.20 Å². The van der Waals surface area contributed by atoms with Gasteiger partial charge < -0.3 is 20.1 Å². The summed E-state index contributed by atoms with van der Waals surface area (Å²) in [5.41, 5.74) is -2.27. The van der Waals surface area contributed by atoms with Crippen LogP contribution < -0.4 is 16.6 Å². The van der Waals surface area contributed by atoms with Crippen molar-refractivity contribution >= 4 is 17.8 Å². The number of aromatic amines is 2. The fraction of sp³-hybridized carbons (Fsp3) is 0.300. The minimum Gasteiger partial charge on any atom is -0.480 e. The Labute approximate surface area is 110 Å². The van der Waals surface area contributed by atoms with E-state index < -0.39 is 47.1 Å². The first-order valence-electron chi connectivity index (χ1n) is 5.27. The molecule has 0 aromatic carbocycles. The molecule has 0 spiro atoms. The third kappa shape index (κ3) is 3.80. The second-order valence-corrected chi connectivity index (χ2v) is 3.63. The predicted octanol–water partition coefficient (Wildman–Crippen LogP) is -2.19. The first kappa shape index (κ1) is 15.1. The van der Waals surface area contributed by atoms with Gasteiger partial charge in [-0.05, 0) is 0 Å². The molecule has 10 heteroatoms. The smallest absolute Gasteiger partial charge is 0.326 e. The number of H-pyrrole nitrogens is 2. The maximum absolute atomic E-state index is 11.7. The van der Waals surface area contributed by atoms with Gasteiger partial charge in [0.05, 0.1) is 13.5 Å². The highest BCUT2D eigenvalue weighted by Gasteiger charge is 2.25. The lowest BCUT2D eigenvalue weighted by Gasteiger charge is -2.12. The van der Waals surface area contributed by atoms with E-state index in [1.54, 1.807) is 0 Å². The molecule has 1 amide bonds. The minimum absolute atomic E-state index is 0.485. The zero-order chi connectivity index (χ0) is 15.3. The topological polar surface area (TPSA) is 158 Å². The number of aromatic nitrogens is 2.